The van der Waals surface area contributed by atoms with Gasteiger partial charge in [0.1, 0.15) is 5.54 Å². The minimum Gasteiger partial charge on any atom is -0.479 e. The first-order valence-electron chi connectivity index (χ1n) is 6.51. The van der Waals surface area contributed by atoms with E-state index in [4.69, 9.17) is 0 Å². The molecule has 1 heterocycles. The van der Waals surface area contributed by atoms with Gasteiger partial charge >= 0.3 is 12.1 Å². The molecular formula is C14H14F3NO3S. The second kappa shape index (κ2) is 6.20. The molecule has 1 unspecified atom stereocenters. The molecule has 4 nitrogen and oxygen atoms in total. The van der Waals surface area contributed by atoms with E-state index in [0.717, 1.165) is 12.1 Å². The summed E-state index contributed by atoms with van der Waals surface area (Å²) in [7, 11) is 0. The van der Waals surface area contributed by atoms with Crippen molar-refractivity contribution in [1.82, 2.24) is 5.32 Å². The van der Waals surface area contributed by atoms with Crippen molar-refractivity contribution in [3.05, 3.63) is 35.4 Å². The lowest BCUT2D eigenvalue weighted by Gasteiger charge is -2.24. The van der Waals surface area contributed by atoms with Crippen molar-refractivity contribution in [3.63, 3.8) is 0 Å². The van der Waals surface area contributed by atoms with Gasteiger partial charge in [-0.2, -0.15) is 24.9 Å². The number of alkyl halides is 3. The number of halogens is 3. The van der Waals surface area contributed by atoms with Crippen molar-refractivity contribution in [2.24, 2.45) is 0 Å². The highest BCUT2D eigenvalue weighted by molar-refractivity contribution is 7.99. The summed E-state index contributed by atoms with van der Waals surface area (Å²) in [5.74, 6) is -0.827. The predicted octanol–water partition coefficient (Wildman–Crippen LogP) is 2.32. The number of carboxylic acid groups (broad SMARTS) is 1. The summed E-state index contributed by atoms with van der Waals surface area (Å²) in [6.45, 7) is 0. The van der Waals surface area contributed by atoms with Gasteiger partial charge in [-0.25, -0.2) is 4.79 Å². The minimum absolute atomic E-state index is 0.193. The Bertz CT molecular complexity index is 583. The summed E-state index contributed by atoms with van der Waals surface area (Å²) >= 11 is 1.42. The second-order valence-electron chi connectivity index (χ2n) is 5.11. The monoisotopic (exact) mass is 333 g/mol. The molecule has 1 aliphatic heterocycles. The molecule has 1 atom stereocenters. The Balaban J connectivity index is 2.08. The molecule has 120 valence electrons. The van der Waals surface area contributed by atoms with Gasteiger partial charge in [0, 0.05) is 5.75 Å². The number of hydrogen-bond acceptors (Lipinski definition) is 3. The minimum atomic E-state index is -4.48. The Morgan fingerprint density at radius 3 is 2.64 bits per heavy atom. The van der Waals surface area contributed by atoms with Crippen LogP contribution in [0.2, 0.25) is 0 Å². The van der Waals surface area contributed by atoms with Crippen LogP contribution in [-0.4, -0.2) is 34.0 Å². The van der Waals surface area contributed by atoms with Crippen LogP contribution in [0.1, 0.15) is 17.5 Å². The van der Waals surface area contributed by atoms with Crippen molar-refractivity contribution in [3.8, 4) is 0 Å². The van der Waals surface area contributed by atoms with Crippen LogP contribution in [0, 0.1) is 0 Å². The number of thioether (sulfide) groups is 1. The fourth-order valence-corrected chi connectivity index (χ4v) is 3.57. The lowest BCUT2D eigenvalue weighted by atomic mass is 9.98. The summed E-state index contributed by atoms with van der Waals surface area (Å²) in [5.41, 5.74) is -1.95. The quantitative estimate of drug-likeness (QED) is 0.887. The van der Waals surface area contributed by atoms with Crippen LogP contribution in [0.15, 0.2) is 24.3 Å². The van der Waals surface area contributed by atoms with E-state index in [1.165, 1.54) is 23.9 Å². The summed E-state index contributed by atoms with van der Waals surface area (Å²) in [5, 5.41) is 11.7. The van der Waals surface area contributed by atoms with E-state index < -0.39 is 29.2 Å². The molecule has 0 bridgehead atoms. The highest BCUT2D eigenvalue weighted by Gasteiger charge is 2.43. The van der Waals surface area contributed by atoms with Crippen LogP contribution in [-0.2, 0) is 22.2 Å². The van der Waals surface area contributed by atoms with E-state index in [1.54, 1.807) is 0 Å². The molecule has 0 spiro atoms. The summed E-state index contributed by atoms with van der Waals surface area (Å²) in [6, 6.07) is 4.46. The highest BCUT2D eigenvalue weighted by Crippen LogP contribution is 2.30. The third-order valence-corrected chi connectivity index (χ3v) is 4.62. The predicted molar refractivity (Wildman–Crippen MR) is 75.6 cm³/mol. The first-order chi connectivity index (χ1) is 10.2. The second-order valence-corrected chi connectivity index (χ2v) is 6.22. The Morgan fingerprint density at radius 2 is 2.09 bits per heavy atom. The lowest BCUT2D eigenvalue weighted by Crippen LogP contribution is -2.55. The average molecular weight is 333 g/mol. The number of carboxylic acids is 1. The molecule has 1 amide bonds. The summed E-state index contributed by atoms with van der Waals surface area (Å²) in [4.78, 5) is 23.3. The van der Waals surface area contributed by atoms with Crippen molar-refractivity contribution in [2.75, 3.05) is 11.5 Å². The molecule has 1 fully saturated rings. The van der Waals surface area contributed by atoms with Crippen LogP contribution in [0.3, 0.4) is 0 Å². The topological polar surface area (TPSA) is 66.4 Å². The van der Waals surface area contributed by atoms with Gasteiger partial charge in [0.15, 0.2) is 0 Å². The van der Waals surface area contributed by atoms with E-state index in [1.807, 2.05) is 0 Å². The van der Waals surface area contributed by atoms with Gasteiger partial charge in [0.05, 0.1) is 12.0 Å². The molecule has 22 heavy (non-hydrogen) atoms. The number of aliphatic carboxylic acids is 1. The number of nitrogens with one attached hydrogen (secondary N) is 1. The Hall–Kier alpha value is -1.70. The van der Waals surface area contributed by atoms with Crippen molar-refractivity contribution in [1.29, 1.82) is 0 Å². The normalized spacial score (nSPS) is 21.6. The SMILES string of the molecule is O=C(Cc1cccc(C(F)(F)F)c1)NC1(C(=O)O)CCSC1. The van der Waals surface area contributed by atoms with Crippen LogP contribution in [0.4, 0.5) is 13.2 Å². The maximum atomic E-state index is 12.6. The van der Waals surface area contributed by atoms with Crippen molar-refractivity contribution in [2.45, 2.75) is 24.6 Å². The van der Waals surface area contributed by atoms with Crippen LogP contribution >= 0.6 is 11.8 Å². The third kappa shape index (κ3) is 3.73. The number of carbonyl (C=O) groups excluding carboxylic acids is 1. The zero-order chi connectivity index (χ0) is 16.4. The molecule has 1 aromatic carbocycles. The lowest BCUT2D eigenvalue weighted by molar-refractivity contribution is -0.146. The highest BCUT2D eigenvalue weighted by atomic mass is 32.2. The Labute approximate surface area is 129 Å². The number of carbonyl (C=O) groups is 2. The molecule has 1 aromatic rings. The van der Waals surface area contributed by atoms with Gasteiger partial charge in [-0.3, -0.25) is 4.79 Å². The van der Waals surface area contributed by atoms with Crippen molar-refractivity contribution >= 4 is 23.6 Å². The van der Waals surface area contributed by atoms with Crippen LogP contribution < -0.4 is 5.32 Å². The molecule has 0 aromatic heterocycles. The standard InChI is InChI=1S/C14H14F3NO3S/c15-14(16,17)10-3-1-2-9(6-10)7-11(19)18-13(12(20)21)4-5-22-8-13/h1-3,6H,4-5,7-8H2,(H,18,19)(H,20,21). The zero-order valence-electron chi connectivity index (χ0n) is 11.4. The fourth-order valence-electron chi connectivity index (χ4n) is 2.24. The first kappa shape index (κ1) is 16.7. The molecule has 2 rings (SSSR count). The molecule has 0 radical (unpaired) electrons. The van der Waals surface area contributed by atoms with Gasteiger partial charge in [0.2, 0.25) is 5.91 Å². The fraction of sp³-hybridized carbons (Fsp3) is 0.429. The molecule has 2 N–H and O–H groups in total. The maximum absolute atomic E-state index is 12.6. The summed E-state index contributed by atoms with van der Waals surface area (Å²) in [6.07, 6.45) is -4.46. The third-order valence-electron chi connectivity index (χ3n) is 3.43. The number of benzene rings is 1. The Morgan fingerprint density at radius 1 is 1.36 bits per heavy atom. The van der Waals surface area contributed by atoms with Crippen LogP contribution in [0.5, 0.6) is 0 Å². The van der Waals surface area contributed by atoms with E-state index >= 15 is 0 Å². The smallest absolute Gasteiger partial charge is 0.416 e. The van der Waals surface area contributed by atoms with E-state index in [-0.39, 0.29) is 17.7 Å². The van der Waals surface area contributed by atoms with Gasteiger partial charge in [0.25, 0.3) is 0 Å². The molecule has 1 aliphatic rings. The van der Waals surface area contributed by atoms with Crippen molar-refractivity contribution < 1.29 is 27.9 Å². The molecule has 0 saturated carbocycles. The molecule has 0 aliphatic carbocycles. The zero-order valence-corrected chi connectivity index (χ0v) is 12.3. The Kier molecular flexibility index (Phi) is 4.69. The van der Waals surface area contributed by atoms with E-state index in [0.29, 0.717) is 12.2 Å². The van der Waals surface area contributed by atoms with Gasteiger partial charge in [-0.1, -0.05) is 18.2 Å². The van der Waals surface area contributed by atoms with Gasteiger partial charge in [-0.05, 0) is 23.8 Å². The van der Waals surface area contributed by atoms with Crippen LogP contribution in [0.25, 0.3) is 0 Å². The average Bonchev–Trinajstić information content (AvgIpc) is 2.87. The van der Waals surface area contributed by atoms with E-state index in [2.05, 4.69) is 5.32 Å². The number of amides is 1. The van der Waals surface area contributed by atoms with Gasteiger partial charge in [-0.15, -0.1) is 0 Å². The molecular weight excluding hydrogens is 319 g/mol. The van der Waals surface area contributed by atoms with Gasteiger partial charge < -0.3 is 10.4 Å². The number of hydrogen-bond donors (Lipinski definition) is 2. The molecule has 8 heteroatoms. The maximum Gasteiger partial charge on any atom is 0.416 e. The largest absolute Gasteiger partial charge is 0.479 e. The molecule has 1 saturated heterocycles. The summed E-state index contributed by atoms with van der Waals surface area (Å²) < 4.78 is 37.9. The number of rotatable bonds is 4. The van der Waals surface area contributed by atoms with E-state index in [9.17, 15) is 27.9 Å². The first-order valence-corrected chi connectivity index (χ1v) is 7.67.